The SMILES string of the molecule is C=CC(=O)OCCCCCCOc1ccc(C(=O)Oc2ccc(-c3ccc(CCC)cc3)c(/C=N/N(CCOC)c3nc4ccccc4s3)c2)cc1. The Morgan fingerprint density at radius 1 is 0.885 bits per heavy atom. The highest BCUT2D eigenvalue weighted by Crippen LogP contribution is 2.31. The number of aryl methyl sites for hydroxylation is 1. The summed E-state index contributed by atoms with van der Waals surface area (Å²) in [6.07, 6.45) is 8.62. The third kappa shape index (κ3) is 11.1. The molecule has 0 saturated heterocycles. The van der Waals surface area contributed by atoms with Gasteiger partial charge >= 0.3 is 11.9 Å². The first-order valence-corrected chi connectivity index (χ1v) is 18.4. The van der Waals surface area contributed by atoms with E-state index in [0.717, 1.165) is 70.6 Å². The van der Waals surface area contributed by atoms with E-state index in [2.05, 4.69) is 37.8 Å². The molecule has 0 unspecified atom stereocenters. The molecule has 0 fully saturated rings. The Morgan fingerprint density at radius 3 is 2.37 bits per heavy atom. The van der Waals surface area contributed by atoms with Crippen LogP contribution in [-0.2, 0) is 20.7 Å². The maximum absolute atomic E-state index is 13.2. The molecule has 0 aliphatic heterocycles. The molecule has 5 aromatic rings. The lowest BCUT2D eigenvalue weighted by Crippen LogP contribution is -2.21. The van der Waals surface area contributed by atoms with E-state index in [1.165, 1.54) is 11.6 Å². The molecular formula is C42H45N3O6S. The number of benzene rings is 4. The summed E-state index contributed by atoms with van der Waals surface area (Å²) in [4.78, 5) is 29.1. The number of carbonyl (C=O) groups excluding carboxylic acids is 2. The monoisotopic (exact) mass is 719 g/mol. The van der Waals surface area contributed by atoms with Crippen molar-refractivity contribution in [2.45, 2.75) is 45.4 Å². The lowest BCUT2D eigenvalue weighted by molar-refractivity contribution is -0.137. The summed E-state index contributed by atoms with van der Waals surface area (Å²) in [6.45, 7) is 7.49. The predicted molar refractivity (Wildman–Crippen MR) is 209 cm³/mol. The fraction of sp³-hybridized carbons (Fsp3) is 0.286. The maximum atomic E-state index is 13.2. The number of unbranched alkanes of at least 4 members (excludes halogenated alkanes) is 3. The fourth-order valence-corrected chi connectivity index (χ4v) is 6.38. The molecule has 0 amide bonds. The van der Waals surface area contributed by atoms with E-state index in [1.54, 1.807) is 48.9 Å². The largest absolute Gasteiger partial charge is 0.494 e. The second-order valence-electron chi connectivity index (χ2n) is 12.1. The van der Waals surface area contributed by atoms with Crippen LogP contribution < -0.4 is 14.5 Å². The molecule has 0 N–H and O–H groups in total. The highest BCUT2D eigenvalue weighted by molar-refractivity contribution is 7.22. The average Bonchev–Trinajstić information content (AvgIpc) is 3.61. The van der Waals surface area contributed by atoms with Gasteiger partial charge in [-0.3, -0.25) is 0 Å². The van der Waals surface area contributed by atoms with Gasteiger partial charge in [-0.2, -0.15) is 5.10 Å². The number of hydrogen-bond donors (Lipinski definition) is 0. The van der Waals surface area contributed by atoms with Crippen molar-refractivity contribution in [2.24, 2.45) is 5.10 Å². The number of thiazole rings is 1. The Morgan fingerprint density at radius 2 is 1.63 bits per heavy atom. The molecule has 4 aromatic carbocycles. The molecule has 270 valence electrons. The van der Waals surface area contributed by atoms with Gasteiger partial charge < -0.3 is 18.9 Å². The molecule has 1 aromatic heterocycles. The number of nitrogens with zero attached hydrogens (tertiary/aromatic N) is 3. The highest BCUT2D eigenvalue weighted by Gasteiger charge is 2.15. The van der Waals surface area contributed by atoms with Crippen LogP contribution >= 0.6 is 11.3 Å². The smallest absolute Gasteiger partial charge is 0.343 e. The molecule has 0 atom stereocenters. The molecule has 5 rings (SSSR count). The number of ether oxygens (including phenoxy) is 4. The van der Waals surface area contributed by atoms with Crippen molar-refractivity contribution < 1.29 is 28.5 Å². The average molecular weight is 720 g/mol. The van der Waals surface area contributed by atoms with Gasteiger partial charge in [-0.15, -0.1) is 0 Å². The van der Waals surface area contributed by atoms with Crippen molar-refractivity contribution in [3.63, 3.8) is 0 Å². The topological polar surface area (TPSA) is 99.5 Å². The highest BCUT2D eigenvalue weighted by atomic mass is 32.1. The van der Waals surface area contributed by atoms with Gasteiger partial charge in [0.25, 0.3) is 0 Å². The van der Waals surface area contributed by atoms with Gasteiger partial charge in [0, 0.05) is 18.7 Å². The molecule has 0 bridgehead atoms. The first-order valence-electron chi connectivity index (χ1n) is 17.6. The molecule has 0 aliphatic carbocycles. The number of hydrogen-bond acceptors (Lipinski definition) is 10. The van der Waals surface area contributed by atoms with Crippen molar-refractivity contribution in [1.82, 2.24) is 4.98 Å². The van der Waals surface area contributed by atoms with Gasteiger partial charge in [0.2, 0.25) is 5.13 Å². The second-order valence-corrected chi connectivity index (χ2v) is 13.1. The number of carbonyl (C=O) groups is 2. The summed E-state index contributed by atoms with van der Waals surface area (Å²) < 4.78 is 23.2. The van der Waals surface area contributed by atoms with E-state index in [9.17, 15) is 9.59 Å². The third-order valence-corrected chi connectivity index (χ3v) is 9.24. The number of anilines is 1. The molecule has 10 heteroatoms. The molecule has 52 heavy (non-hydrogen) atoms. The van der Waals surface area contributed by atoms with Crippen molar-refractivity contribution in [3.05, 3.63) is 120 Å². The van der Waals surface area contributed by atoms with Gasteiger partial charge in [0.05, 0.1) is 48.4 Å². The van der Waals surface area contributed by atoms with Crippen molar-refractivity contribution in [2.75, 3.05) is 38.5 Å². The van der Waals surface area contributed by atoms with Crippen LogP contribution in [0.5, 0.6) is 11.5 Å². The summed E-state index contributed by atoms with van der Waals surface area (Å²) >= 11 is 1.57. The normalized spacial score (nSPS) is 11.1. The third-order valence-electron chi connectivity index (χ3n) is 8.19. The van der Waals surface area contributed by atoms with Gasteiger partial charge in [0.1, 0.15) is 11.5 Å². The molecule has 0 spiro atoms. The van der Waals surface area contributed by atoms with Gasteiger partial charge in [-0.05, 0) is 97.3 Å². The minimum Gasteiger partial charge on any atom is -0.494 e. The number of esters is 2. The Labute approximate surface area is 309 Å². The molecular weight excluding hydrogens is 675 g/mol. The Bertz CT molecular complexity index is 1910. The lowest BCUT2D eigenvalue weighted by Gasteiger charge is -2.16. The van der Waals surface area contributed by atoms with Gasteiger partial charge in [-0.25, -0.2) is 19.6 Å². The Kier molecular flexibility index (Phi) is 14.5. The Balaban J connectivity index is 1.27. The maximum Gasteiger partial charge on any atom is 0.343 e. The zero-order chi connectivity index (χ0) is 36.5. The van der Waals surface area contributed by atoms with E-state index in [1.807, 2.05) is 47.5 Å². The quantitative estimate of drug-likeness (QED) is 0.0196. The van der Waals surface area contributed by atoms with Crippen LogP contribution in [0, 0.1) is 0 Å². The number of hydrazone groups is 1. The molecule has 0 radical (unpaired) electrons. The number of aromatic nitrogens is 1. The minimum absolute atomic E-state index is 0.394. The minimum atomic E-state index is -0.473. The van der Waals surface area contributed by atoms with Crippen LogP contribution in [0.2, 0.25) is 0 Å². The lowest BCUT2D eigenvalue weighted by atomic mass is 9.98. The Hall–Kier alpha value is -5.32. The van der Waals surface area contributed by atoms with Crippen LogP contribution in [0.25, 0.3) is 21.3 Å². The van der Waals surface area contributed by atoms with Crippen molar-refractivity contribution in [1.29, 1.82) is 0 Å². The standard InChI is InChI=1S/C42H45N3O6S/c1-4-12-31-15-17-32(18-16-31)37-24-23-36(29-34(37)30-43-45(25-28-48-3)42-44-38-13-8-9-14-39(38)52-42)51-41(47)33-19-21-35(22-20-33)49-26-10-6-7-11-27-50-40(46)5-2/h5,8-9,13-24,29-30H,2,4,6-7,10-12,25-28H2,1,3H3/b43-30+. The van der Waals surface area contributed by atoms with Crippen LogP contribution in [0.4, 0.5) is 5.13 Å². The zero-order valence-corrected chi connectivity index (χ0v) is 30.6. The molecule has 1 heterocycles. The number of para-hydroxylation sites is 1. The summed E-state index contributed by atoms with van der Waals surface area (Å²) in [6, 6.07) is 29.1. The zero-order valence-electron chi connectivity index (χ0n) is 29.8. The van der Waals surface area contributed by atoms with Crippen LogP contribution in [0.1, 0.15) is 60.5 Å². The molecule has 9 nitrogen and oxygen atoms in total. The number of rotatable bonds is 20. The predicted octanol–water partition coefficient (Wildman–Crippen LogP) is 9.29. The van der Waals surface area contributed by atoms with E-state index in [4.69, 9.17) is 29.0 Å². The molecule has 0 aliphatic rings. The fourth-order valence-electron chi connectivity index (χ4n) is 5.43. The van der Waals surface area contributed by atoms with Crippen LogP contribution in [0.15, 0.2) is 109 Å². The molecule has 0 saturated carbocycles. The summed E-state index contributed by atoms with van der Waals surface area (Å²) in [5.74, 6) is 0.213. The number of methoxy groups -OCH3 is 1. The summed E-state index contributed by atoms with van der Waals surface area (Å²) in [5.41, 5.74) is 5.39. The number of fused-ring (bicyclic) bond motifs is 1. The summed E-state index contributed by atoms with van der Waals surface area (Å²) in [7, 11) is 1.66. The van der Waals surface area contributed by atoms with Crippen molar-refractivity contribution in [3.8, 4) is 22.6 Å². The first kappa shape index (κ1) is 37.9. The van der Waals surface area contributed by atoms with Gasteiger partial charge in [-0.1, -0.05) is 73.7 Å². The van der Waals surface area contributed by atoms with Crippen LogP contribution in [-0.4, -0.2) is 56.6 Å². The van der Waals surface area contributed by atoms with E-state index >= 15 is 0 Å². The van der Waals surface area contributed by atoms with E-state index in [-0.39, 0.29) is 0 Å². The second kappa shape index (κ2) is 19.9. The van der Waals surface area contributed by atoms with Crippen LogP contribution in [0.3, 0.4) is 0 Å². The van der Waals surface area contributed by atoms with Crippen molar-refractivity contribution >= 4 is 44.8 Å². The first-order chi connectivity index (χ1) is 25.5. The van der Waals surface area contributed by atoms with E-state index < -0.39 is 11.9 Å². The van der Waals surface area contributed by atoms with E-state index in [0.29, 0.717) is 43.4 Å². The summed E-state index contributed by atoms with van der Waals surface area (Å²) in [5, 5.41) is 7.48. The van der Waals surface area contributed by atoms with Gasteiger partial charge in [0.15, 0.2) is 0 Å².